The molecule has 104 valence electrons. The number of aromatic nitrogens is 1. The summed E-state index contributed by atoms with van der Waals surface area (Å²) in [5, 5.41) is 3.92. The van der Waals surface area contributed by atoms with Crippen LogP contribution in [0.2, 0.25) is 0 Å². The van der Waals surface area contributed by atoms with Crippen LogP contribution in [0.15, 0.2) is 59.2 Å². The van der Waals surface area contributed by atoms with Gasteiger partial charge in [-0.2, -0.15) is 0 Å². The molecule has 1 amide bonds. The minimum absolute atomic E-state index is 0.131. The fraction of sp³-hybridized carbons (Fsp3) is 0.0588. The zero-order valence-corrected chi connectivity index (χ0v) is 13.0. The summed E-state index contributed by atoms with van der Waals surface area (Å²) in [6.07, 6.45) is 1.75. The quantitative estimate of drug-likeness (QED) is 0.743. The number of fused-ring (bicyclic) bond motifs is 1. The monoisotopic (exact) mass is 340 g/mol. The molecule has 0 aliphatic heterocycles. The first-order valence-electron chi connectivity index (χ1n) is 6.56. The van der Waals surface area contributed by atoms with Crippen LogP contribution < -0.4 is 5.32 Å². The maximum Gasteiger partial charge on any atom is 0.256 e. The Morgan fingerprint density at radius 3 is 2.86 bits per heavy atom. The lowest BCUT2D eigenvalue weighted by Crippen LogP contribution is -2.12. The van der Waals surface area contributed by atoms with Crippen molar-refractivity contribution in [2.45, 2.75) is 6.92 Å². The minimum Gasteiger partial charge on any atom is -0.322 e. The molecule has 3 aromatic rings. The lowest BCUT2D eigenvalue weighted by Gasteiger charge is -2.09. The van der Waals surface area contributed by atoms with E-state index in [-0.39, 0.29) is 5.91 Å². The third-order valence-corrected chi connectivity index (χ3v) is 4.35. The molecular weight excluding hydrogens is 328 g/mol. The zero-order chi connectivity index (χ0) is 14.8. The molecule has 2 aromatic carbocycles. The summed E-state index contributed by atoms with van der Waals surface area (Å²) < 4.78 is 0.824. The van der Waals surface area contributed by atoms with E-state index in [1.165, 1.54) is 0 Å². The number of benzene rings is 2. The number of nitrogens with zero attached hydrogens (tertiary/aromatic N) is 1. The second-order valence-corrected chi connectivity index (χ2v) is 5.59. The number of hydrogen-bond donors (Lipinski definition) is 1. The van der Waals surface area contributed by atoms with Gasteiger partial charge in [0.25, 0.3) is 5.91 Å². The average molecular weight is 341 g/mol. The van der Waals surface area contributed by atoms with Crippen LogP contribution in [-0.2, 0) is 0 Å². The summed E-state index contributed by atoms with van der Waals surface area (Å²) in [6.45, 7) is 1.96. The SMILES string of the molecule is Cc1cccc(C(=O)Nc2ccc3ncccc3c2)c1Br. The van der Waals surface area contributed by atoms with Crippen molar-refractivity contribution in [1.82, 2.24) is 4.98 Å². The van der Waals surface area contributed by atoms with Crippen molar-refractivity contribution < 1.29 is 4.79 Å². The molecule has 0 radical (unpaired) electrons. The van der Waals surface area contributed by atoms with Crippen molar-refractivity contribution in [1.29, 1.82) is 0 Å². The molecule has 3 nitrogen and oxygen atoms in total. The number of pyridine rings is 1. The number of nitrogens with one attached hydrogen (secondary N) is 1. The Hall–Kier alpha value is -2.20. The van der Waals surface area contributed by atoms with Crippen molar-refractivity contribution in [3.05, 3.63) is 70.3 Å². The number of amides is 1. The highest BCUT2D eigenvalue weighted by molar-refractivity contribution is 9.10. The second kappa shape index (κ2) is 5.66. The van der Waals surface area contributed by atoms with Gasteiger partial charge in [-0.05, 0) is 58.7 Å². The minimum atomic E-state index is -0.131. The van der Waals surface area contributed by atoms with E-state index in [4.69, 9.17) is 0 Å². The van der Waals surface area contributed by atoms with Crippen LogP contribution >= 0.6 is 15.9 Å². The van der Waals surface area contributed by atoms with Crippen LogP contribution in [0.5, 0.6) is 0 Å². The van der Waals surface area contributed by atoms with Crippen molar-refractivity contribution in [3.8, 4) is 0 Å². The molecule has 0 saturated heterocycles. The Labute approximate surface area is 131 Å². The van der Waals surface area contributed by atoms with Crippen molar-refractivity contribution in [3.63, 3.8) is 0 Å². The molecule has 0 aliphatic carbocycles. The Morgan fingerprint density at radius 1 is 1.14 bits per heavy atom. The van der Waals surface area contributed by atoms with Gasteiger partial charge in [0.05, 0.1) is 11.1 Å². The predicted molar refractivity (Wildman–Crippen MR) is 88.6 cm³/mol. The molecule has 1 aromatic heterocycles. The largest absolute Gasteiger partial charge is 0.322 e. The van der Waals surface area contributed by atoms with Crippen LogP contribution in [0.3, 0.4) is 0 Å². The van der Waals surface area contributed by atoms with Gasteiger partial charge in [0.15, 0.2) is 0 Å². The van der Waals surface area contributed by atoms with Crippen molar-refractivity contribution >= 4 is 38.4 Å². The van der Waals surface area contributed by atoms with Gasteiger partial charge in [-0.1, -0.05) is 18.2 Å². The average Bonchev–Trinajstić information content (AvgIpc) is 2.50. The molecule has 4 heteroatoms. The van der Waals surface area contributed by atoms with Crippen LogP contribution in [0, 0.1) is 6.92 Å². The van der Waals surface area contributed by atoms with E-state index >= 15 is 0 Å². The molecule has 21 heavy (non-hydrogen) atoms. The normalized spacial score (nSPS) is 10.6. The Balaban J connectivity index is 1.91. The van der Waals surface area contributed by atoms with Crippen LogP contribution in [0.1, 0.15) is 15.9 Å². The number of carbonyl (C=O) groups excluding carboxylic acids is 1. The lowest BCUT2D eigenvalue weighted by atomic mass is 10.1. The van der Waals surface area contributed by atoms with E-state index in [0.29, 0.717) is 5.56 Å². The van der Waals surface area contributed by atoms with Crippen molar-refractivity contribution in [2.24, 2.45) is 0 Å². The molecule has 0 atom stereocenters. The highest BCUT2D eigenvalue weighted by Crippen LogP contribution is 2.23. The number of halogens is 1. The van der Waals surface area contributed by atoms with Crippen molar-refractivity contribution in [2.75, 3.05) is 5.32 Å². The predicted octanol–water partition coefficient (Wildman–Crippen LogP) is 4.56. The standard InChI is InChI=1S/C17H13BrN2O/c1-11-4-2-6-14(16(11)18)17(21)20-13-7-8-15-12(10-13)5-3-9-19-15/h2-10H,1H3,(H,20,21). The third-order valence-electron chi connectivity index (χ3n) is 3.30. The summed E-state index contributed by atoms with van der Waals surface area (Å²) in [7, 11) is 0. The van der Waals surface area contributed by atoms with Gasteiger partial charge in [-0.25, -0.2) is 0 Å². The number of hydrogen-bond acceptors (Lipinski definition) is 2. The lowest BCUT2D eigenvalue weighted by molar-refractivity contribution is 0.102. The molecule has 0 bridgehead atoms. The van der Waals surface area contributed by atoms with E-state index < -0.39 is 0 Å². The van der Waals surface area contributed by atoms with Gasteiger partial charge in [0.1, 0.15) is 0 Å². The van der Waals surface area contributed by atoms with Gasteiger partial charge >= 0.3 is 0 Å². The van der Waals surface area contributed by atoms with E-state index in [1.54, 1.807) is 12.3 Å². The summed E-state index contributed by atoms with van der Waals surface area (Å²) in [6, 6.07) is 15.2. The zero-order valence-electron chi connectivity index (χ0n) is 11.4. The summed E-state index contributed by atoms with van der Waals surface area (Å²) in [5.41, 5.74) is 3.33. The summed E-state index contributed by atoms with van der Waals surface area (Å²) >= 11 is 3.46. The van der Waals surface area contributed by atoms with E-state index in [0.717, 1.165) is 26.6 Å². The van der Waals surface area contributed by atoms with E-state index in [2.05, 4.69) is 26.2 Å². The highest BCUT2D eigenvalue weighted by atomic mass is 79.9. The fourth-order valence-electron chi connectivity index (χ4n) is 2.17. The van der Waals surface area contributed by atoms with Gasteiger partial charge < -0.3 is 5.32 Å². The van der Waals surface area contributed by atoms with E-state index in [9.17, 15) is 4.79 Å². The van der Waals surface area contributed by atoms with Crippen LogP contribution in [0.25, 0.3) is 10.9 Å². The molecular formula is C17H13BrN2O. The van der Waals surface area contributed by atoms with Gasteiger partial charge in [0.2, 0.25) is 0 Å². The molecule has 0 fully saturated rings. The molecule has 1 N–H and O–H groups in total. The Bertz CT molecular complexity index is 830. The topological polar surface area (TPSA) is 42.0 Å². The summed E-state index contributed by atoms with van der Waals surface area (Å²) in [5.74, 6) is -0.131. The third kappa shape index (κ3) is 2.81. The summed E-state index contributed by atoms with van der Waals surface area (Å²) in [4.78, 5) is 16.6. The van der Waals surface area contributed by atoms with Gasteiger partial charge in [-0.3, -0.25) is 9.78 Å². The maximum absolute atomic E-state index is 12.4. The molecule has 0 aliphatic rings. The molecule has 0 spiro atoms. The van der Waals surface area contributed by atoms with Gasteiger partial charge in [0, 0.05) is 21.7 Å². The number of aryl methyl sites for hydroxylation is 1. The first-order chi connectivity index (χ1) is 10.1. The molecule has 0 saturated carbocycles. The Kier molecular flexibility index (Phi) is 3.71. The second-order valence-electron chi connectivity index (χ2n) is 4.80. The van der Waals surface area contributed by atoms with Gasteiger partial charge in [-0.15, -0.1) is 0 Å². The maximum atomic E-state index is 12.4. The smallest absolute Gasteiger partial charge is 0.256 e. The number of anilines is 1. The first kappa shape index (κ1) is 13.8. The van der Waals surface area contributed by atoms with E-state index in [1.807, 2.05) is 49.4 Å². The van der Waals surface area contributed by atoms with Crippen LogP contribution in [-0.4, -0.2) is 10.9 Å². The fourth-order valence-corrected chi connectivity index (χ4v) is 2.62. The molecule has 0 unspecified atom stereocenters. The highest BCUT2D eigenvalue weighted by Gasteiger charge is 2.11. The first-order valence-corrected chi connectivity index (χ1v) is 7.36. The molecule has 1 heterocycles. The number of carbonyl (C=O) groups is 1. The Morgan fingerprint density at radius 2 is 2.00 bits per heavy atom. The number of rotatable bonds is 2. The van der Waals surface area contributed by atoms with Crippen LogP contribution in [0.4, 0.5) is 5.69 Å². The molecule has 3 rings (SSSR count).